The first kappa shape index (κ1) is 11.8. The highest BCUT2D eigenvalue weighted by Crippen LogP contribution is 2.03. The average molecular weight is 250 g/mol. The molecule has 17 heavy (non-hydrogen) atoms. The summed E-state index contributed by atoms with van der Waals surface area (Å²) in [7, 11) is 0. The average Bonchev–Trinajstić information content (AvgIpc) is 2.29. The molecule has 0 radical (unpaired) electrons. The molecule has 4 nitrogen and oxygen atoms in total. The van der Waals surface area contributed by atoms with E-state index in [9.17, 15) is 4.79 Å². The topological polar surface area (TPSA) is 47.8 Å². The van der Waals surface area contributed by atoms with E-state index in [1.807, 2.05) is 12.1 Å². The largest absolute Gasteiger partial charge is 0.296 e. The summed E-state index contributed by atoms with van der Waals surface area (Å²) in [6.07, 6.45) is 4.25. The summed E-state index contributed by atoms with van der Waals surface area (Å²) in [5, 5.41) is 0.243. The third-order valence-corrected chi connectivity index (χ3v) is 2.73. The van der Waals surface area contributed by atoms with Crippen molar-refractivity contribution in [3.05, 3.63) is 57.5 Å². The van der Waals surface area contributed by atoms with E-state index >= 15 is 0 Å². The molecule has 0 atom stereocenters. The Balaban J connectivity index is 2.18. The Morgan fingerprint density at radius 3 is 2.71 bits per heavy atom. The van der Waals surface area contributed by atoms with Crippen molar-refractivity contribution in [2.75, 3.05) is 0 Å². The van der Waals surface area contributed by atoms with E-state index in [2.05, 4.69) is 9.97 Å². The normalized spacial score (nSPS) is 10.5. The summed E-state index contributed by atoms with van der Waals surface area (Å²) in [5.41, 5.74) is 1.03. The highest BCUT2D eigenvalue weighted by atomic mass is 35.5. The molecule has 2 heterocycles. The van der Waals surface area contributed by atoms with E-state index in [4.69, 9.17) is 11.6 Å². The van der Waals surface area contributed by atoms with Crippen molar-refractivity contribution in [3.63, 3.8) is 0 Å². The Morgan fingerprint density at radius 2 is 2.06 bits per heavy atom. The van der Waals surface area contributed by atoms with Crippen molar-refractivity contribution >= 4 is 11.6 Å². The molecule has 2 rings (SSSR count). The number of hydrogen-bond acceptors (Lipinski definition) is 3. The van der Waals surface area contributed by atoms with Crippen molar-refractivity contribution in [2.24, 2.45) is 0 Å². The molecule has 0 saturated heterocycles. The van der Waals surface area contributed by atoms with Crippen molar-refractivity contribution in [1.82, 2.24) is 14.5 Å². The highest BCUT2D eigenvalue weighted by Gasteiger charge is 2.03. The van der Waals surface area contributed by atoms with E-state index in [-0.39, 0.29) is 10.7 Å². The molecule has 0 bridgehead atoms. The maximum Gasteiger partial charge on any atom is 0.254 e. The van der Waals surface area contributed by atoms with Gasteiger partial charge in [-0.25, -0.2) is 4.98 Å². The lowest BCUT2D eigenvalue weighted by atomic mass is 10.2. The first-order chi connectivity index (χ1) is 8.16. The molecule has 0 fully saturated rings. The van der Waals surface area contributed by atoms with E-state index in [1.165, 1.54) is 6.07 Å². The van der Waals surface area contributed by atoms with Crippen molar-refractivity contribution in [2.45, 2.75) is 19.9 Å². The molecular formula is C12H12ClN3O. The minimum absolute atomic E-state index is 0.114. The van der Waals surface area contributed by atoms with Crippen LogP contribution in [0.15, 0.2) is 35.4 Å². The van der Waals surface area contributed by atoms with Crippen molar-refractivity contribution in [3.8, 4) is 0 Å². The molecule has 0 spiro atoms. The van der Waals surface area contributed by atoms with Crippen LogP contribution in [-0.2, 0) is 13.0 Å². The van der Waals surface area contributed by atoms with Gasteiger partial charge in [0.1, 0.15) is 11.0 Å². The van der Waals surface area contributed by atoms with Gasteiger partial charge in [-0.1, -0.05) is 11.6 Å². The van der Waals surface area contributed by atoms with Crippen molar-refractivity contribution < 1.29 is 0 Å². The van der Waals surface area contributed by atoms with Crippen LogP contribution >= 0.6 is 11.6 Å². The summed E-state index contributed by atoms with van der Waals surface area (Å²) in [6.45, 7) is 2.37. The number of halogens is 1. The van der Waals surface area contributed by atoms with Gasteiger partial charge in [0.15, 0.2) is 0 Å². The molecule has 2 aromatic rings. The lowest BCUT2D eigenvalue weighted by Gasteiger charge is -2.08. The van der Waals surface area contributed by atoms with Crippen LogP contribution in [0.4, 0.5) is 0 Å². The van der Waals surface area contributed by atoms with Gasteiger partial charge in [0.25, 0.3) is 5.56 Å². The van der Waals surface area contributed by atoms with Gasteiger partial charge in [0.05, 0.1) is 0 Å². The van der Waals surface area contributed by atoms with Crippen molar-refractivity contribution in [1.29, 1.82) is 0 Å². The van der Waals surface area contributed by atoms with Gasteiger partial charge >= 0.3 is 0 Å². The molecule has 0 aromatic carbocycles. The molecule has 88 valence electrons. The second kappa shape index (κ2) is 5.10. The number of pyridine rings is 1. The highest BCUT2D eigenvalue weighted by molar-refractivity contribution is 6.29. The number of aromatic nitrogens is 3. The monoisotopic (exact) mass is 249 g/mol. The van der Waals surface area contributed by atoms with E-state index < -0.39 is 0 Å². The van der Waals surface area contributed by atoms with Gasteiger partial charge in [0.2, 0.25) is 0 Å². The summed E-state index contributed by atoms with van der Waals surface area (Å²) in [4.78, 5) is 19.7. The molecule has 0 N–H and O–H groups in total. The Bertz CT molecular complexity index is 566. The fraction of sp³-hybridized carbons (Fsp3) is 0.250. The van der Waals surface area contributed by atoms with E-state index in [0.29, 0.717) is 12.4 Å². The Hall–Kier alpha value is -1.68. The summed E-state index contributed by atoms with van der Waals surface area (Å²) in [6, 6.07) is 5.20. The summed E-state index contributed by atoms with van der Waals surface area (Å²) < 4.78 is 1.62. The summed E-state index contributed by atoms with van der Waals surface area (Å²) in [5.74, 6) is 0.636. The van der Waals surface area contributed by atoms with E-state index in [1.54, 1.807) is 23.9 Å². The number of hydrogen-bond donors (Lipinski definition) is 0. The van der Waals surface area contributed by atoms with Gasteiger partial charge in [-0.15, -0.1) is 0 Å². The molecular weight excluding hydrogens is 238 g/mol. The minimum Gasteiger partial charge on any atom is -0.296 e. The molecule has 0 saturated carbocycles. The van der Waals surface area contributed by atoms with Crippen LogP contribution < -0.4 is 5.56 Å². The molecule has 0 aliphatic heterocycles. The predicted octanol–water partition coefficient (Wildman–Crippen LogP) is 1.84. The van der Waals surface area contributed by atoms with Gasteiger partial charge in [-0.2, -0.15) is 0 Å². The quantitative estimate of drug-likeness (QED) is 0.780. The van der Waals surface area contributed by atoms with Crippen LogP contribution in [0.5, 0.6) is 0 Å². The minimum atomic E-state index is -0.114. The third-order valence-electron chi connectivity index (χ3n) is 2.54. The van der Waals surface area contributed by atoms with Crippen LogP contribution in [0, 0.1) is 6.92 Å². The smallest absolute Gasteiger partial charge is 0.254 e. The lowest BCUT2D eigenvalue weighted by molar-refractivity contribution is 0.629. The Labute approximate surface area is 104 Å². The maximum atomic E-state index is 11.7. The second-order valence-electron chi connectivity index (χ2n) is 3.72. The number of aryl methyl sites for hydroxylation is 2. The van der Waals surface area contributed by atoms with Gasteiger partial charge < -0.3 is 0 Å². The van der Waals surface area contributed by atoms with Crippen LogP contribution in [0.1, 0.15) is 11.4 Å². The predicted molar refractivity (Wildman–Crippen MR) is 66.2 cm³/mol. The molecule has 2 aromatic heterocycles. The third kappa shape index (κ3) is 2.91. The maximum absolute atomic E-state index is 11.7. The SMILES string of the molecule is Cc1nc(Cl)cc(=O)n1CCc1ccncc1. The first-order valence-corrected chi connectivity index (χ1v) is 5.67. The fourth-order valence-corrected chi connectivity index (χ4v) is 1.86. The molecule has 0 aliphatic rings. The molecule has 0 unspecified atom stereocenters. The number of nitrogens with zero attached hydrogens (tertiary/aromatic N) is 3. The van der Waals surface area contributed by atoms with Gasteiger partial charge in [-0.3, -0.25) is 14.3 Å². The number of rotatable bonds is 3. The summed E-state index contributed by atoms with van der Waals surface area (Å²) >= 11 is 5.71. The lowest BCUT2D eigenvalue weighted by Crippen LogP contribution is -2.23. The van der Waals surface area contributed by atoms with Crippen LogP contribution in [0.2, 0.25) is 5.15 Å². The molecule has 5 heteroatoms. The van der Waals surface area contributed by atoms with Crippen LogP contribution in [0.3, 0.4) is 0 Å². The van der Waals surface area contributed by atoms with Crippen LogP contribution in [0.25, 0.3) is 0 Å². The van der Waals surface area contributed by atoms with E-state index in [0.717, 1.165) is 12.0 Å². The molecule has 0 aliphatic carbocycles. The first-order valence-electron chi connectivity index (χ1n) is 5.30. The standard InChI is InChI=1S/C12H12ClN3O/c1-9-15-11(13)8-12(17)16(9)7-4-10-2-5-14-6-3-10/h2-3,5-6,8H,4,7H2,1H3. The zero-order chi connectivity index (χ0) is 12.3. The zero-order valence-corrected chi connectivity index (χ0v) is 10.2. The van der Waals surface area contributed by atoms with Gasteiger partial charge in [0, 0.05) is 25.0 Å². The zero-order valence-electron chi connectivity index (χ0n) is 9.43. The Morgan fingerprint density at radius 1 is 1.35 bits per heavy atom. The van der Waals surface area contributed by atoms with Gasteiger partial charge in [-0.05, 0) is 31.0 Å². The molecule has 0 amide bonds. The fourth-order valence-electron chi connectivity index (χ4n) is 1.65. The van der Waals surface area contributed by atoms with Crippen LogP contribution in [-0.4, -0.2) is 14.5 Å². The Kier molecular flexibility index (Phi) is 3.54. The second-order valence-corrected chi connectivity index (χ2v) is 4.11.